The van der Waals surface area contributed by atoms with Gasteiger partial charge in [0.1, 0.15) is 5.92 Å². The fraction of sp³-hybridized carbons (Fsp3) is 0.842. The highest BCUT2D eigenvalue weighted by molar-refractivity contribution is 5.58. The molecule has 0 amide bonds. The molecule has 0 bridgehead atoms. The van der Waals surface area contributed by atoms with Gasteiger partial charge in [0.2, 0.25) is 6.29 Å². The van der Waals surface area contributed by atoms with Crippen molar-refractivity contribution in [2.45, 2.75) is 89.6 Å². The van der Waals surface area contributed by atoms with Crippen LogP contribution in [0.3, 0.4) is 0 Å². The molecule has 1 saturated carbocycles. The summed E-state index contributed by atoms with van der Waals surface area (Å²) >= 11 is 0. The third-order valence-electron chi connectivity index (χ3n) is 4.42. The third-order valence-corrected chi connectivity index (χ3v) is 4.42. The highest BCUT2D eigenvalue weighted by Gasteiger charge is 2.13. The number of carbonyl (C=O) groups excluding carboxylic acids is 1. The molecule has 1 aliphatic carbocycles. The van der Waals surface area contributed by atoms with Crippen LogP contribution in [-0.4, -0.2) is 19.0 Å². The number of rotatable bonds is 13. The van der Waals surface area contributed by atoms with Gasteiger partial charge >= 0.3 is 0 Å². The van der Waals surface area contributed by atoms with Gasteiger partial charge in [-0.05, 0) is 44.9 Å². The molecule has 1 aliphatic rings. The molecule has 0 spiro atoms. The summed E-state index contributed by atoms with van der Waals surface area (Å²) in [6, 6.07) is 1.97. The summed E-state index contributed by atoms with van der Waals surface area (Å²) in [5, 5.41) is 8.63. The van der Waals surface area contributed by atoms with E-state index < -0.39 is 5.92 Å². The molecule has 3 nitrogen and oxygen atoms in total. The topological polar surface area (TPSA) is 50.1 Å². The van der Waals surface area contributed by atoms with Crippen molar-refractivity contribution >= 4 is 6.29 Å². The van der Waals surface area contributed by atoms with Crippen LogP contribution >= 0.6 is 0 Å². The molecular formula is C19H31NO2. The molecule has 0 saturated heterocycles. The van der Waals surface area contributed by atoms with Crippen molar-refractivity contribution in [2.75, 3.05) is 6.61 Å². The van der Waals surface area contributed by atoms with E-state index in [1.165, 1.54) is 64.2 Å². The van der Waals surface area contributed by atoms with E-state index in [0.29, 0.717) is 12.5 Å². The Morgan fingerprint density at radius 2 is 1.59 bits per heavy atom. The van der Waals surface area contributed by atoms with E-state index in [0.717, 1.165) is 19.4 Å². The summed E-state index contributed by atoms with van der Waals surface area (Å²) < 4.78 is 5.91. The van der Waals surface area contributed by atoms with Crippen molar-refractivity contribution in [2.24, 2.45) is 5.92 Å². The first-order valence-electron chi connectivity index (χ1n) is 9.07. The summed E-state index contributed by atoms with van der Waals surface area (Å²) in [5.41, 5.74) is 0. The zero-order chi connectivity index (χ0) is 15.9. The van der Waals surface area contributed by atoms with Crippen LogP contribution in [0.5, 0.6) is 0 Å². The summed E-state index contributed by atoms with van der Waals surface area (Å²) in [6.45, 7) is 0.933. The summed E-state index contributed by atoms with van der Waals surface area (Å²) in [4.78, 5) is 10.4. The second-order valence-electron chi connectivity index (χ2n) is 6.35. The first-order chi connectivity index (χ1) is 10.9. The van der Waals surface area contributed by atoms with Gasteiger partial charge in [0.05, 0.1) is 12.2 Å². The minimum atomic E-state index is -0.512. The molecule has 124 valence electrons. The zero-order valence-corrected chi connectivity index (χ0v) is 13.9. The van der Waals surface area contributed by atoms with E-state index in [1.807, 2.05) is 6.07 Å². The fourth-order valence-electron chi connectivity index (χ4n) is 2.97. The standard InChI is InChI=1S/C19H31NO2/c20-16-18(17-21)12-8-5-3-1-2-4-6-11-15-22-19-13-9-7-10-14-19/h7,18-19H,1-6,8-15H2. The average molecular weight is 305 g/mol. The average Bonchev–Trinajstić information content (AvgIpc) is 2.57. The normalized spacial score (nSPS) is 17.0. The van der Waals surface area contributed by atoms with Gasteiger partial charge in [0, 0.05) is 6.61 Å². The van der Waals surface area contributed by atoms with E-state index in [2.05, 4.69) is 6.42 Å². The molecule has 1 unspecified atom stereocenters. The molecule has 0 aliphatic heterocycles. The molecule has 22 heavy (non-hydrogen) atoms. The van der Waals surface area contributed by atoms with E-state index in [4.69, 9.17) is 10.00 Å². The summed E-state index contributed by atoms with van der Waals surface area (Å²) in [6.07, 6.45) is 19.9. The van der Waals surface area contributed by atoms with E-state index >= 15 is 0 Å². The van der Waals surface area contributed by atoms with Gasteiger partial charge in [0.25, 0.3) is 0 Å². The molecule has 3 heteroatoms. The Bertz CT molecular complexity index is 305. The van der Waals surface area contributed by atoms with Gasteiger partial charge in [-0.3, -0.25) is 4.79 Å². The van der Waals surface area contributed by atoms with Crippen molar-refractivity contribution in [3.8, 4) is 6.07 Å². The lowest BCUT2D eigenvalue weighted by atomic mass is 9.98. The molecular weight excluding hydrogens is 274 g/mol. The highest BCUT2D eigenvalue weighted by atomic mass is 16.5. The molecule has 0 aromatic heterocycles. The molecule has 0 N–H and O–H groups in total. The Kier molecular flexibility index (Phi) is 12.0. The SMILES string of the molecule is N#CC([C]=O)CCCCCCCCCCOC1CC[CH]CC1. The lowest BCUT2D eigenvalue weighted by Crippen LogP contribution is -2.17. The van der Waals surface area contributed by atoms with Crippen molar-refractivity contribution in [1.82, 2.24) is 0 Å². The molecule has 0 aromatic carbocycles. The Labute approximate surface area is 136 Å². The Hall–Kier alpha value is -0.880. The number of nitrogens with zero attached hydrogens (tertiary/aromatic N) is 1. The maximum Gasteiger partial charge on any atom is 0.216 e. The molecule has 0 aromatic rings. The van der Waals surface area contributed by atoms with Gasteiger partial charge in [0.15, 0.2) is 0 Å². The predicted molar refractivity (Wildman–Crippen MR) is 88.9 cm³/mol. The first-order valence-corrected chi connectivity index (χ1v) is 9.07. The number of ether oxygens (including phenoxy) is 1. The zero-order valence-electron chi connectivity index (χ0n) is 13.9. The number of unbranched alkanes of at least 4 members (excludes halogenated alkanes) is 7. The van der Waals surface area contributed by atoms with E-state index in [9.17, 15) is 4.79 Å². The minimum absolute atomic E-state index is 0.512. The maximum atomic E-state index is 10.4. The van der Waals surface area contributed by atoms with Crippen LogP contribution in [0.1, 0.15) is 83.5 Å². The second-order valence-corrected chi connectivity index (χ2v) is 6.35. The smallest absolute Gasteiger partial charge is 0.216 e. The van der Waals surface area contributed by atoms with E-state index in [-0.39, 0.29) is 0 Å². The quantitative estimate of drug-likeness (QED) is 0.454. The highest BCUT2D eigenvalue weighted by Crippen LogP contribution is 2.20. The summed E-state index contributed by atoms with van der Waals surface area (Å²) in [7, 11) is 0. The third kappa shape index (κ3) is 9.95. The van der Waals surface area contributed by atoms with Gasteiger partial charge in [-0.2, -0.15) is 5.26 Å². The number of hydrogen-bond acceptors (Lipinski definition) is 3. The summed E-state index contributed by atoms with van der Waals surface area (Å²) in [5.74, 6) is -0.512. The fourth-order valence-corrected chi connectivity index (χ4v) is 2.97. The number of nitriles is 1. The van der Waals surface area contributed by atoms with Crippen LogP contribution < -0.4 is 0 Å². The van der Waals surface area contributed by atoms with Gasteiger partial charge in [-0.25, -0.2) is 0 Å². The Balaban J connectivity index is 1.76. The van der Waals surface area contributed by atoms with Crippen molar-refractivity contribution in [1.29, 1.82) is 5.26 Å². The maximum absolute atomic E-state index is 10.4. The Morgan fingerprint density at radius 3 is 2.18 bits per heavy atom. The van der Waals surface area contributed by atoms with Gasteiger partial charge in [-0.15, -0.1) is 0 Å². The van der Waals surface area contributed by atoms with Crippen molar-refractivity contribution < 1.29 is 9.53 Å². The van der Waals surface area contributed by atoms with Crippen molar-refractivity contribution in [3.05, 3.63) is 6.42 Å². The van der Waals surface area contributed by atoms with Gasteiger partial charge < -0.3 is 4.74 Å². The van der Waals surface area contributed by atoms with Crippen LogP contribution in [0.2, 0.25) is 0 Å². The van der Waals surface area contributed by atoms with Crippen LogP contribution in [0, 0.1) is 23.7 Å². The molecule has 1 rings (SSSR count). The lowest BCUT2D eigenvalue weighted by Gasteiger charge is -2.21. The second kappa shape index (κ2) is 13.8. The van der Waals surface area contributed by atoms with Crippen LogP contribution in [0.15, 0.2) is 0 Å². The van der Waals surface area contributed by atoms with Gasteiger partial charge in [-0.1, -0.05) is 44.9 Å². The minimum Gasteiger partial charge on any atom is -0.378 e. The largest absolute Gasteiger partial charge is 0.378 e. The number of hydrogen-bond donors (Lipinski definition) is 0. The van der Waals surface area contributed by atoms with Crippen molar-refractivity contribution in [3.63, 3.8) is 0 Å². The lowest BCUT2D eigenvalue weighted by molar-refractivity contribution is 0.0326. The molecule has 0 heterocycles. The van der Waals surface area contributed by atoms with Crippen LogP contribution in [0.4, 0.5) is 0 Å². The molecule has 1 atom stereocenters. The predicted octanol–water partition coefficient (Wildman–Crippen LogP) is 4.91. The Morgan fingerprint density at radius 1 is 1.00 bits per heavy atom. The monoisotopic (exact) mass is 305 g/mol. The molecule has 2 radical (unpaired) electrons. The molecule has 1 fully saturated rings. The van der Waals surface area contributed by atoms with E-state index in [1.54, 1.807) is 6.29 Å². The van der Waals surface area contributed by atoms with Crippen LogP contribution in [-0.2, 0) is 9.53 Å². The first kappa shape index (κ1) is 19.2. The van der Waals surface area contributed by atoms with Crippen LogP contribution in [0.25, 0.3) is 0 Å².